The van der Waals surface area contributed by atoms with E-state index in [1.54, 1.807) is 6.92 Å². The molecule has 0 N–H and O–H groups in total. The monoisotopic (exact) mass is 508 g/mol. The van der Waals surface area contributed by atoms with Gasteiger partial charge in [0, 0.05) is 5.57 Å². The van der Waals surface area contributed by atoms with E-state index in [2.05, 4.69) is 23.7 Å². The van der Waals surface area contributed by atoms with Crippen LogP contribution in [0, 0.1) is 0 Å². The minimum atomic E-state index is -0.317. The van der Waals surface area contributed by atoms with Gasteiger partial charge < -0.3 is 14.2 Å². The van der Waals surface area contributed by atoms with E-state index in [0.29, 0.717) is 18.8 Å². The molecule has 0 aliphatic heterocycles. The maximum absolute atomic E-state index is 11.3. The number of hydrogen-bond donors (Lipinski definition) is 0. The molecule has 0 bridgehead atoms. The molecule has 0 atom stereocenters. The van der Waals surface area contributed by atoms with Crippen molar-refractivity contribution in [3.05, 3.63) is 60.7 Å². The normalized spacial score (nSPS) is 11.0. The highest BCUT2D eigenvalue weighted by Crippen LogP contribution is 2.23. The molecule has 0 aliphatic carbocycles. The maximum Gasteiger partial charge on any atom is 0.333 e. The zero-order chi connectivity index (χ0) is 26.6. The summed E-state index contributed by atoms with van der Waals surface area (Å²) in [7, 11) is 0. The van der Waals surface area contributed by atoms with Crippen molar-refractivity contribution in [2.24, 2.45) is 10.2 Å². The van der Waals surface area contributed by atoms with Crippen LogP contribution in [0.3, 0.4) is 0 Å². The van der Waals surface area contributed by atoms with Crippen molar-refractivity contribution in [1.29, 1.82) is 0 Å². The van der Waals surface area contributed by atoms with Gasteiger partial charge in [-0.1, -0.05) is 52.0 Å². The number of ether oxygens (including phenoxy) is 3. The molecule has 0 heterocycles. The van der Waals surface area contributed by atoms with Crippen LogP contribution in [0.15, 0.2) is 70.9 Å². The molecule has 6 heteroatoms. The van der Waals surface area contributed by atoms with Crippen LogP contribution >= 0.6 is 0 Å². The van der Waals surface area contributed by atoms with E-state index in [9.17, 15) is 4.79 Å². The van der Waals surface area contributed by atoms with Crippen molar-refractivity contribution in [3.63, 3.8) is 0 Å². The lowest BCUT2D eigenvalue weighted by molar-refractivity contribution is -0.139. The average Bonchev–Trinajstić information content (AvgIpc) is 2.91. The third kappa shape index (κ3) is 14.2. The molecular weight excluding hydrogens is 464 g/mol. The predicted molar refractivity (Wildman–Crippen MR) is 150 cm³/mol. The molecule has 2 rings (SSSR count). The third-order valence-electron chi connectivity index (χ3n) is 5.86. The lowest BCUT2D eigenvalue weighted by atomic mass is 10.1. The second-order valence-electron chi connectivity index (χ2n) is 9.34. The molecule has 0 spiro atoms. The Labute approximate surface area is 223 Å². The molecule has 202 valence electrons. The predicted octanol–water partition coefficient (Wildman–Crippen LogP) is 9.29. The Bertz CT molecular complexity index is 923. The summed E-state index contributed by atoms with van der Waals surface area (Å²) >= 11 is 0. The van der Waals surface area contributed by atoms with Crippen molar-refractivity contribution >= 4 is 17.3 Å². The number of benzene rings is 2. The zero-order valence-electron chi connectivity index (χ0n) is 22.8. The Morgan fingerprint density at radius 2 is 1.05 bits per heavy atom. The minimum Gasteiger partial charge on any atom is -0.494 e. The molecular formula is C31H44N2O4. The second-order valence-corrected chi connectivity index (χ2v) is 9.34. The summed E-state index contributed by atoms with van der Waals surface area (Å²) in [4.78, 5) is 11.3. The number of nitrogens with zero attached hydrogens (tertiary/aromatic N) is 2. The van der Waals surface area contributed by atoms with Gasteiger partial charge in [0.2, 0.25) is 0 Å². The largest absolute Gasteiger partial charge is 0.494 e. The van der Waals surface area contributed by atoms with E-state index in [-0.39, 0.29) is 5.97 Å². The van der Waals surface area contributed by atoms with E-state index >= 15 is 0 Å². The molecule has 2 aromatic rings. The first-order valence-electron chi connectivity index (χ1n) is 13.8. The molecule has 6 nitrogen and oxygen atoms in total. The summed E-state index contributed by atoms with van der Waals surface area (Å²) in [6, 6.07) is 15.3. The molecule has 0 radical (unpaired) electrons. The van der Waals surface area contributed by atoms with Crippen LogP contribution in [0.1, 0.15) is 84.5 Å². The quantitative estimate of drug-likeness (QED) is 0.0773. The van der Waals surface area contributed by atoms with Gasteiger partial charge >= 0.3 is 5.97 Å². The van der Waals surface area contributed by atoms with E-state index in [1.807, 2.05) is 48.5 Å². The highest BCUT2D eigenvalue weighted by Gasteiger charge is 2.02. The Kier molecular flexibility index (Phi) is 15.5. The summed E-state index contributed by atoms with van der Waals surface area (Å²) in [5, 5.41) is 8.63. The molecule has 0 saturated carbocycles. The van der Waals surface area contributed by atoms with Crippen LogP contribution in [0.25, 0.3) is 0 Å². The van der Waals surface area contributed by atoms with Crippen molar-refractivity contribution in [3.8, 4) is 11.5 Å². The summed E-state index contributed by atoms with van der Waals surface area (Å²) in [6.45, 7) is 9.33. The molecule has 0 aliphatic rings. The van der Waals surface area contributed by atoms with Gasteiger partial charge in [0.15, 0.2) is 0 Å². The van der Waals surface area contributed by atoms with Crippen molar-refractivity contribution in [1.82, 2.24) is 0 Å². The van der Waals surface area contributed by atoms with E-state index < -0.39 is 0 Å². The summed E-state index contributed by atoms with van der Waals surface area (Å²) in [5.41, 5.74) is 2.00. The highest BCUT2D eigenvalue weighted by molar-refractivity contribution is 5.86. The number of carbonyl (C=O) groups is 1. The Balaban J connectivity index is 1.57. The van der Waals surface area contributed by atoms with E-state index in [4.69, 9.17) is 14.2 Å². The fraction of sp³-hybridized carbons (Fsp3) is 0.516. The lowest BCUT2D eigenvalue weighted by Gasteiger charge is -2.07. The molecule has 0 amide bonds. The average molecular weight is 509 g/mol. The number of unbranched alkanes of at least 4 members (excludes halogenated alkanes) is 9. The lowest BCUT2D eigenvalue weighted by Crippen LogP contribution is -2.06. The topological polar surface area (TPSA) is 69.5 Å². The SMILES string of the molecule is C=C(C)C(=O)OCCCCCCOc1ccc(N=Nc2ccc(OCCCCCCCCC)cc2)cc1. The van der Waals surface area contributed by atoms with Gasteiger partial charge in [-0.15, -0.1) is 0 Å². The molecule has 0 saturated heterocycles. The Hall–Kier alpha value is -3.15. The molecule has 0 fully saturated rings. The summed E-state index contributed by atoms with van der Waals surface area (Å²) < 4.78 is 16.7. The first-order chi connectivity index (χ1) is 18.1. The molecule has 0 aromatic heterocycles. The highest BCUT2D eigenvalue weighted by atomic mass is 16.5. The fourth-order valence-electron chi connectivity index (χ4n) is 3.62. The molecule has 2 aromatic carbocycles. The third-order valence-corrected chi connectivity index (χ3v) is 5.86. The Morgan fingerprint density at radius 3 is 1.49 bits per heavy atom. The minimum absolute atomic E-state index is 0.317. The number of azo groups is 1. The standard InChI is InChI=1S/C31H44N2O4/c1-4-5-6-7-8-9-12-23-35-29-19-15-27(16-20-29)32-33-28-17-21-30(22-18-28)36-24-13-10-11-14-25-37-31(34)26(2)3/h15-22H,2,4-14,23-25H2,1,3H3. The first kappa shape index (κ1) is 30.1. The number of hydrogen-bond acceptors (Lipinski definition) is 6. The van der Waals surface area contributed by atoms with Crippen molar-refractivity contribution in [2.75, 3.05) is 19.8 Å². The van der Waals surface area contributed by atoms with Gasteiger partial charge in [-0.25, -0.2) is 4.79 Å². The second kappa shape index (κ2) is 19.0. The summed E-state index contributed by atoms with van der Waals surface area (Å²) in [6.07, 6.45) is 12.8. The number of esters is 1. The molecule has 37 heavy (non-hydrogen) atoms. The van der Waals surface area contributed by atoms with Crippen LogP contribution in [-0.4, -0.2) is 25.8 Å². The Morgan fingerprint density at radius 1 is 0.649 bits per heavy atom. The fourth-order valence-corrected chi connectivity index (χ4v) is 3.62. The number of carbonyl (C=O) groups excluding carboxylic acids is 1. The van der Waals surface area contributed by atoms with Gasteiger partial charge in [0.05, 0.1) is 31.2 Å². The van der Waals surface area contributed by atoms with Crippen molar-refractivity contribution < 1.29 is 19.0 Å². The first-order valence-corrected chi connectivity index (χ1v) is 13.8. The smallest absolute Gasteiger partial charge is 0.333 e. The maximum atomic E-state index is 11.3. The van der Waals surface area contributed by atoms with Crippen LogP contribution in [0.5, 0.6) is 11.5 Å². The van der Waals surface area contributed by atoms with E-state index in [1.165, 1.54) is 38.5 Å². The van der Waals surface area contributed by atoms with Crippen LogP contribution in [0.2, 0.25) is 0 Å². The molecule has 0 unspecified atom stereocenters. The summed E-state index contributed by atoms with van der Waals surface area (Å²) in [5.74, 6) is 1.37. The van der Waals surface area contributed by atoms with Gasteiger partial charge in [0.1, 0.15) is 11.5 Å². The zero-order valence-corrected chi connectivity index (χ0v) is 22.8. The van der Waals surface area contributed by atoms with Crippen LogP contribution in [0.4, 0.5) is 11.4 Å². The van der Waals surface area contributed by atoms with Crippen molar-refractivity contribution in [2.45, 2.75) is 84.5 Å². The van der Waals surface area contributed by atoms with Gasteiger partial charge in [-0.3, -0.25) is 0 Å². The van der Waals surface area contributed by atoms with Gasteiger partial charge in [-0.2, -0.15) is 10.2 Å². The van der Waals surface area contributed by atoms with Gasteiger partial charge in [-0.05, 0) is 87.6 Å². The van der Waals surface area contributed by atoms with E-state index in [0.717, 1.165) is 61.6 Å². The van der Waals surface area contributed by atoms with Crippen LogP contribution in [-0.2, 0) is 9.53 Å². The van der Waals surface area contributed by atoms with Gasteiger partial charge in [0.25, 0.3) is 0 Å². The number of rotatable bonds is 20. The van der Waals surface area contributed by atoms with Crippen LogP contribution < -0.4 is 9.47 Å².